The molecule has 0 saturated carbocycles. The molecule has 0 spiro atoms. The largest absolute Gasteiger partial charge is 0.368 e. The first-order valence-corrected chi connectivity index (χ1v) is 9.50. The van der Waals surface area contributed by atoms with Crippen molar-refractivity contribution in [3.05, 3.63) is 79.1 Å². The summed E-state index contributed by atoms with van der Waals surface area (Å²) in [7, 11) is 0. The fourth-order valence-electron chi connectivity index (χ4n) is 3.81. The standard InChI is InChI=1S/C22H21ClN2O2/c1-14-4-3-5-18(15(14)2)24-10-12-25(13-11-24)20-19(21(26)22(20)27)16-6-8-17(23)9-7-16/h3-9H,10-13H2,1-2H3. The van der Waals surface area contributed by atoms with Gasteiger partial charge < -0.3 is 9.80 Å². The monoisotopic (exact) mass is 380 g/mol. The Morgan fingerprint density at radius 2 is 1.44 bits per heavy atom. The number of anilines is 2. The number of hydrogen-bond acceptors (Lipinski definition) is 4. The molecule has 0 aliphatic carbocycles. The second-order valence-corrected chi connectivity index (χ2v) is 7.52. The van der Waals surface area contributed by atoms with Crippen molar-refractivity contribution in [2.75, 3.05) is 36.0 Å². The van der Waals surface area contributed by atoms with Crippen molar-refractivity contribution >= 4 is 23.0 Å². The van der Waals surface area contributed by atoms with Crippen LogP contribution in [0.2, 0.25) is 5.02 Å². The number of aryl methyl sites for hydroxylation is 1. The van der Waals surface area contributed by atoms with Gasteiger partial charge in [0.2, 0.25) is 10.9 Å². The Morgan fingerprint density at radius 3 is 2.11 bits per heavy atom. The third-order valence-corrected chi connectivity index (χ3v) is 5.78. The zero-order valence-corrected chi connectivity index (χ0v) is 16.2. The highest BCUT2D eigenvalue weighted by atomic mass is 35.5. The first-order valence-electron chi connectivity index (χ1n) is 9.12. The first-order chi connectivity index (χ1) is 13.0. The van der Waals surface area contributed by atoms with E-state index in [2.05, 4.69) is 41.8 Å². The van der Waals surface area contributed by atoms with Gasteiger partial charge in [0.1, 0.15) is 5.69 Å². The van der Waals surface area contributed by atoms with Crippen LogP contribution in [0.25, 0.3) is 11.1 Å². The van der Waals surface area contributed by atoms with Crippen LogP contribution in [0.4, 0.5) is 11.4 Å². The molecule has 0 unspecified atom stereocenters. The number of hydrogen-bond donors (Lipinski definition) is 0. The lowest BCUT2D eigenvalue weighted by Crippen LogP contribution is -2.51. The van der Waals surface area contributed by atoms with Crippen molar-refractivity contribution in [3.63, 3.8) is 0 Å². The molecule has 3 aromatic carbocycles. The number of rotatable bonds is 3. The molecule has 0 radical (unpaired) electrons. The minimum atomic E-state index is -0.399. The molecule has 1 aliphatic heterocycles. The predicted molar refractivity (Wildman–Crippen MR) is 112 cm³/mol. The number of piperazine rings is 1. The summed E-state index contributed by atoms with van der Waals surface area (Å²) in [5.41, 5.74) is 4.89. The van der Waals surface area contributed by atoms with Crippen LogP contribution in [0.1, 0.15) is 11.1 Å². The van der Waals surface area contributed by atoms with E-state index in [1.807, 2.05) is 0 Å². The molecule has 5 heteroatoms. The molecule has 0 bridgehead atoms. The molecule has 27 heavy (non-hydrogen) atoms. The minimum absolute atomic E-state index is 0.375. The van der Waals surface area contributed by atoms with E-state index in [4.69, 9.17) is 11.6 Å². The first kappa shape index (κ1) is 17.8. The summed E-state index contributed by atoms with van der Waals surface area (Å²) in [4.78, 5) is 28.9. The maximum absolute atomic E-state index is 12.3. The van der Waals surface area contributed by atoms with E-state index in [9.17, 15) is 9.59 Å². The second kappa shape index (κ2) is 6.86. The van der Waals surface area contributed by atoms with Gasteiger partial charge in [0, 0.05) is 36.9 Å². The fourth-order valence-corrected chi connectivity index (χ4v) is 3.94. The van der Waals surface area contributed by atoms with Crippen LogP contribution in [0.5, 0.6) is 0 Å². The van der Waals surface area contributed by atoms with Crippen LogP contribution in [0.15, 0.2) is 52.1 Å². The van der Waals surface area contributed by atoms with Gasteiger partial charge in [0.15, 0.2) is 0 Å². The molecule has 0 N–H and O–H groups in total. The molecule has 4 nitrogen and oxygen atoms in total. The maximum atomic E-state index is 12.3. The number of benzene rings is 2. The number of halogens is 1. The SMILES string of the molecule is Cc1cccc(N2CCN(c3c(-c4ccc(Cl)cc4)c(=O)c3=O)CC2)c1C. The smallest absolute Gasteiger partial charge is 0.250 e. The Kier molecular flexibility index (Phi) is 4.52. The summed E-state index contributed by atoms with van der Waals surface area (Å²) in [5.74, 6) is 0. The van der Waals surface area contributed by atoms with Gasteiger partial charge >= 0.3 is 0 Å². The molecule has 1 heterocycles. The molecule has 0 amide bonds. The van der Waals surface area contributed by atoms with Gasteiger partial charge in [-0.2, -0.15) is 0 Å². The van der Waals surface area contributed by atoms with Gasteiger partial charge in [0.25, 0.3) is 0 Å². The molecule has 3 aromatic rings. The molecule has 1 fully saturated rings. The summed E-state index contributed by atoms with van der Waals surface area (Å²) < 4.78 is 0. The highest BCUT2D eigenvalue weighted by molar-refractivity contribution is 6.30. The fraction of sp³-hybridized carbons (Fsp3) is 0.273. The minimum Gasteiger partial charge on any atom is -0.368 e. The Morgan fingerprint density at radius 1 is 0.815 bits per heavy atom. The van der Waals surface area contributed by atoms with E-state index >= 15 is 0 Å². The van der Waals surface area contributed by atoms with Crippen LogP contribution < -0.4 is 20.7 Å². The lowest BCUT2D eigenvalue weighted by atomic mass is 9.97. The van der Waals surface area contributed by atoms with Crippen molar-refractivity contribution < 1.29 is 0 Å². The molecule has 1 saturated heterocycles. The Bertz CT molecular complexity index is 1060. The van der Waals surface area contributed by atoms with E-state index < -0.39 is 5.43 Å². The summed E-state index contributed by atoms with van der Waals surface area (Å²) >= 11 is 5.94. The van der Waals surface area contributed by atoms with Crippen LogP contribution >= 0.6 is 11.6 Å². The highest BCUT2D eigenvalue weighted by Crippen LogP contribution is 2.30. The maximum Gasteiger partial charge on any atom is 0.250 e. The van der Waals surface area contributed by atoms with Crippen molar-refractivity contribution in [1.29, 1.82) is 0 Å². The average Bonchev–Trinajstić information content (AvgIpc) is 2.69. The van der Waals surface area contributed by atoms with Crippen LogP contribution in [-0.2, 0) is 0 Å². The Labute approximate surface area is 163 Å². The van der Waals surface area contributed by atoms with Gasteiger partial charge in [-0.05, 0) is 48.7 Å². The van der Waals surface area contributed by atoms with Gasteiger partial charge in [0.05, 0.1) is 5.56 Å². The lowest BCUT2D eigenvalue weighted by molar-refractivity contribution is 0.649. The van der Waals surface area contributed by atoms with Crippen molar-refractivity contribution in [2.24, 2.45) is 0 Å². The molecular formula is C22H21ClN2O2. The third kappa shape index (κ3) is 3.04. The van der Waals surface area contributed by atoms with E-state index in [1.54, 1.807) is 24.3 Å². The van der Waals surface area contributed by atoms with Gasteiger partial charge in [-0.25, -0.2) is 0 Å². The van der Waals surface area contributed by atoms with Crippen molar-refractivity contribution in [1.82, 2.24) is 0 Å². The summed E-state index contributed by atoms with van der Waals surface area (Å²) in [6, 6.07) is 13.4. The van der Waals surface area contributed by atoms with Gasteiger partial charge in [-0.15, -0.1) is 0 Å². The van der Waals surface area contributed by atoms with Gasteiger partial charge in [-0.3, -0.25) is 9.59 Å². The quantitative estimate of drug-likeness (QED) is 0.651. The second-order valence-electron chi connectivity index (χ2n) is 7.08. The topological polar surface area (TPSA) is 40.6 Å². The van der Waals surface area contributed by atoms with E-state index in [0.29, 0.717) is 16.3 Å². The molecular weight excluding hydrogens is 360 g/mol. The van der Waals surface area contributed by atoms with Crippen molar-refractivity contribution in [2.45, 2.75) is 13.8 Å². The van der Waals surface area contributed by atoms with E-state index in [1.165, 1.54) is 16.8 Å². The molecule has 138 valence electrons. The number of nitrogens with zero attached hydrogens (tertiary/aromatic N) is 2. The van der Waals surface area contributed by atoms with Crippen LogP contribution in [0.3, 0.4) is 0 Å². The molecule has 1 aliphatic rings. The normalized spacial score (nSPS) is 14.8. The molecule has 0 aromatic heterocycles. The van der Waals surface area contributed by atoms with Crippen LogP contribution in [-0.4, -0.2) is 26.2 Å². The summed E-state index contributed by atoms with van der Waals surface area (Å²) in [6.45, 7) is 7.35. The zero-order chi connectivity index (χ0) is 19.1. The van der Waals surface area contributed by atoms with E-state index in [0.717, 1.165) is 31.7 Å². The molecule has 4 rings (SSSR count). The lowest BCUT2D eigenvalue weighted by Gasteiger charge is -2.39. The van der Waals surface area contributed by atoms with Crippen LogP contribution in [0, 0.1) is 13.8 Å². The summed E-state index contributed by atoms with van der Waals surface area (Å²) in [6.07, 6.45) is 0. The Balaban J connectivity index is 1.57. The Hall–Kier alpha value is -2.59. The third-order valence-electron chi connectivity index (χ3n) is 5.53. The average molecular weight is 381 g/mol. The zero-order valence-electron chi connectivity index (χ0n) is 15.5. The highest BCUT2D eigenvalue weighted by Gasteiger charge is 2.29. The van der Waals surface area contributed by atoms with Gasteiger partial charge in [-0.1, -0.05) is 35.9 Å². The molecule has 0 atom stereocenters. The van der Waals surface area contributed by atoms with E-state index in [-0.39, 0.29) is 5.43 Å². The predicted octanol–water partition coefficient (Wildman–Crippen LogP) is 3.55. The van der Waals surface area contributed by atoms with Crippen molar-refractivity contribution in [3.8, 4) is 11.1 Å². The summed E-state index contributed by atoms with van der Waals surface area (Å²) in [5, 5.41) is 0.612.